The average Bonchev–Trinajstić information content (AvgIpc) is 2.88. The van der Waals surface area contributed by atoms with Crippen molar-refractivity contribution in [2.24, 2.45) is 5.73 Å². The molecule has 1 aliphatic rings. The number of likely N-dealkylation sites (N-methyl/N-ethyl adjacent to an activating group) is 1. The predicted octanol–water partition coefficient (Wildman–Crippen LogP) is 1.17. The lowest BCUT2D eigenvalue weighted by molar-refractivity contribution is 0.0974. The van der Waals surface area contributed by atoms with Gasteiger partial charge in [-0.25, -0.2) is 0 Å². The first-order valence-corrected chi connectivity index (χ1v) is 7.41. The highest BCUT2D eigenvalue weighted by atomic mass is 16.5. The molecule has 112 valence electrons. The van der Waals surface area contributed by atoms with Crippen molar-refractivity contribution in [2.45, 2.75) is 25.1 Å². The Balaban J connectivity index is 1.62. The van der Waals surface area contributed by atoms with Gasteiger partial charge >= 0.3 is 0 Å². The number of nitrogens with two attached hydrogens (primary N) is 1. The van der Waals surface area contributed by atoms with Crippen LogP contribution >= 0.6 is 0 Å². The molecule has 1 aromatic rings. The van der Waals surface area contributed by atoms with Crippen LogP contribution in [0.25, 0.3) is 0 Å². The van der Waals surface area contributed by atoms with Gasteiger partial charge in [-0.1, -0.05) is 30.3 Å². The summed E-state index contributed by atoms with van der Waals surface area (Å²) in [5.41, 5.74) is 7.36. The number of hydrogen-bond donors (Lipinski definition) is 1. The number of benzene rings is 1. The molecule has 4 nitrogen and oxygen atoms in total. The molecule has 0 amide bonds. The predicted molar refractivity (Wildman–Crippen MR) is 82.6 cm³/mol. The van der Waals surface area contributed by atoms with Gasteiger partial charge in [0.1, 0.15) is 0 Å². The normalized spacial score (nSPS) is 21.5. The van der Waals surface area contributed by atoms with E-state index in [9.17, 15) is 0 Å². The molecular formula is C16H27N3O. The first kappa shape index (κ1) is 15.4. The summed E-state index contributed by atoms with van der Waals surface area (Å²) in [5.74, 6) is 0. The Morgan fingerprint density at radius 1 is 1.35 bits per heavy atom. The highest BCUT2D eigenvalue weighted by Gasteiger charge is 2.24. The minimum absolute atomic E-state index is 0.0969. The van der Waals surface area contributed by atoms with Crippen LogP contribution in [0, 0.1) is 0 Å². The van der Waals surface area contributed by atoms with Crippen molar-refractivity contribution in [3.05, 3.63) is 35.9 Å². The Bertz CT molecular complexity index is 383. The van der Waals surface area contributed by atoms with E-state index >= 15 is 0 Å². The van der Waals surface area contributed by atoms with Gasteiger partial charge in [0.25, 0.3) is 0 Å². The smallest absolute Gasteiger partial charge is 0.0717 e. The van der Waals surface area contributed by atoms with Gasteiger partial charge in [0.2, 0.25) is 0 Å². The van der Waals surface area contributed by atoms with Gasteiger partial charge < -0.3 is 20.3 Å². The van der Waals surface area contributed by atoms with Crippen molar-refractivity contribution in [1.82, 2.24) is 9.80 Å². The molecule has 0 aromatic heterocycles. The van der Waals surface area contributed by atoms with E-state index in [1.807, 2.05) is 18.2 Å². The summed E-state index contributed by atoms with van der Waals surface area (Å²) < 4.78 is 5.70. The van der Waals surface area contributed by atoms with Gasteiger partial charge in [-0.2, -0.15) is 0 Å². The summed E-state index contributed by atoms with van der Waals surface area (Å²) in [6, 6.07) is 11.0. The molecule has 0 bridgehead atoms. The quantitative estimate of drug-likeness (QED) is 0.812. The van der Waals surface area contributed by atoms with Crippen molar-refractivity contribution in [1.29, 1.82) is 0 Å². The van der Waals surface area contributed by atoms with Gasteiger partial charge in [0.05, 0.1) is 13.2 Å². The third-order valence-corrected chi connectivity index (χ3v) is 3.91. The van der Waals surface area contributed by atoms with Crippen molar-refractivity contribution in [2.75, 3.05) is 40.3 Å². The molecule has 2 N–H and O–H groups in total. The fourth-order valence-corrected chi connectivity index (χ4v) is 2.69. The lowest BCUT2D eigenvalue weighted by Gasteiger charge is -2.22. The van der Waals surface area contributed by atoms with Crippen LogP contribution in [-0.4, -0.2) is 62.2 Å². The summed E-state index contributed by atoms with van der Waals surface area (Å²) >= 11 is 0. The van der Waals surface area contributed by atoms with Gasteiger partial charge in [-0.05, 0) is 32.6 Å². The maximum atomic E-state index is 6.16. The van der Waals surface area contributed by atoms with E-state index in [0.29, 0.717) is 19.3 Å². The third-order valence-electron chi connectivity index (χ3n) is 3.91. The maximum Gasteiger partial charge on any atom is 0.0717 e. The summed E-state index contributed by atoms with van der Waals surface area (Å²) in [4.78, 5) is 4.75. The molecule has 0 radical (unpaired) electrons. The van der Waals surface area contributed by atoms with Crippen LogP contribution in [0.3, 0.4) is 0 Å². The van der Waals surface area contributed by atoms with E-state index in [1.165, 1.54) is 12.0 Å². The molecule has 2 unspecified atom stereocenters. The topological polar surface area (TPSA) is 41.7 Å². The van der Waals surface area contributed by atoms with Crippen molar-refractivity contribution in [3.8, 4) is 0 Å². The molecule has 4 heteroatoms. The SMILES string of the molecule is CN(C)C1CCN(CC(N)COCc2ccccc2)C1. The number of likely N-dealkylation sites (tertiary alicyclic amines) is 1. The molecule has 1 fully saturated rings. The molecule has 2 atom stereocenters. The van der Waals surface area contributed by atoms with Gasteiger partial charge in [0.15, 0.2) is 0 Å². The molecule has 0 aliphatic carbocycles. The Kier molecular flexibility index (Phi) is 5.98. The van der Waals surface area contributed by atoms with Gasteiger partial charge in [-0.3, -0.25) is 0 Å². The Morgan fingerprint density at radius 2 is 2.10 bits per heavy atom. The lowest BCUT2D eigenvalue weighted by atomic mass is 10.2. The van der Waals surface area contributed by atoms with Crippen LogP contribution in [0.2, 0.25) is 0 Å². The first-order chi connectivity index (χ1) is 9.65. The fraction of sp³-hybridized carbons (Fsp3) is 0.625. The highest BCUT2D eigenvalue weighted by Crippen LogP contribution is 2.13. The van der Waals surface area contributed by atoms with Crippen molar-refractivity contribution >= 4 is 0 Å². The Labute approximate surface area is 122 Å². The monoisotopic (exact) mass is 277 g/mol. The van der Waals surface area contributed by atoms with E-state index in [1.54, 1.807) is 0 Å². The van der Waals surface area contributed by atoms with E-state index in [0.717, 1.165) is 19.6 Å². The second-order valence-electron chi connectivity index (χ2n) is 5.93. The Hall–Kier alpha value is -0.940. The molecular weight excluding hydrogens is 250 g/mol. The highest BCUT2D eigenvalue weighted by molar-refractivity contribution is 5.13. The zero-order chi connectivity index (χ0) is 14.4. The van der Waals surface area contributed by atoms with Crippen molar-refractivity contribution in [3.63, 3.8) is 0 Å². The zero-order valence-corrected chi connectivity index (χ0v) is 12.7. The van der Waals surface area contributed by atoms with Crippen LogP contribution in [-0.2, 0) is 11.3 Å². The van der Waals surface area contributed by atoms with E-state index in [2.05, 4.69) is 36.0 Å². The van der Waals surface area contributed by atoms with Crippen LogP contribution in [0.15, 0.2) is 30.3 Å². The molecule has 0 saturated carbocycles. The standard InChI is InChI=1S/C16H27N3O/c1-18(2)16-8-9-19(11-16)10-15(17)13-20-12-14-6-4-3-5-7-14/h3-7,15-16H,8-13,17H2,1-2H3. The first-order valence-electron chi connectivity index (χ1n) is 7.41. The van der Waals surface area contributed by atoms with Gasteiger partial charge in [0, 0.05) is 25.2 Å². The molecule has 20 heavy (non-hydrogen) atoms. The number of hydrogen-bond acceptors (Lipinski definition) is 4. The largest absolute Gasteiger partial charge is 0.375 e. The molecule has 1 aliphatic heterocycles. The number of nitrogens with zero attached hydrogens (tertiary/aromatic N) is 2. The van der Waals surface area contributed by atoms with E-state index in [-0.39, 0.29) is 6.04 Å². The van der Waals surface area contributed by atoms with Crippen LogP contribution < -0.4 is 5.73 Å². The maximum absolute atomic E-state index is 6.16. The molecule has 1 heterocycles. The second-order valence-corrected chi connectivity index (χ2v) is 5.93. The van der Waals surface area contributed by atoms with Crippen LogP contribution in [0.5, 0.6) is 0 Å². The molecule has 2 rings (SSSR count). The minimum Gasteiger partial charge on any atom is -0.375 e. The minimum atomic E-state index is 0.0969. The average molecular weight is 277 g/mol. The van der Waals surface area contributed by atoms with Crippen molar-refractivity contribution < 1.29 is 4.74 Å². The summed E-state index contributed by atoms with van der Waals surface area (Å²) in [6.45, 7) is 4.47. The Morgan fingerprint density at radius 3 is 2.75 bits per heavy atom. The molecule has 1 saturated heterocycles. The fourth-order valence-electron chi connectivity index (χ4n) is 2.69. The summed E-state index contributed by atoms with van der Waals surface area (Å²) in [5, 5.41) is 0. The number of rotatable bonds is 7. The molecule has 0 spiro atoms. The zero-order valence-electron chi connectivity index (χ0n) is 12.7. The van der Waals surface area contributed by atoms with Crippen LogP contribution in [0.1, 0.15) is 12.0 Å². The lowest BCUT2D eigenvalue weighted by Crippen LogP contribution is -2.40. The summed E-state index contributed by atoms with van der Waals surface area (Å²) in [6.07, 6.45) is 1.24. The van der Waals surface area contributed by atoms with E-state index in [4.69, 9.17) is 10.5 Å². The third kappa shape index (κ3) is 4.87. The van der Waals surface area contributed by atoms with Crippen LogP contribution in [0.4, 0.5) is 0 Å². The van der Waals surface area contributed by atoms with E-state index < -0.39 is 0 Å². The van der Waals surface area contributed by atoms with Gasteiger partial charge in [-0.15, -0.1) is 0 Å². The molecule has 1 aromatic carbocycles. The second kappa shape index (κ2) is 7.74. The summed E-state index contributed by atoms with van der Waals surface area (Å²) in [7, 11) is 4.30. The number of ether oxygens (including phenoxy) is 1.